The molecule has 0 radical (unpaired) electrons. The van der Waals surface area contributed by atoms with Crippen LogP contribution in [0.1, 0.15) is 19.3 Å². The van der Waals surface area contributed by atoms with Crippen molar-refractivity contribution < 1.29 is 9.53 Å². The summed E-state index contributed by atoms with van der Waals surface area (Å²) >= 11 is 0. The fourth-order valence-corrected chi connectivity index (χ4v) is 2.17. The zero-order valence-electron chi connectivity index (χ0n) is 10.7. The number of anilines is 1. The number of hydrogen-bond acceptors (Lipinski definition) is 4. The monoisotopic (exact) mass is 259 g/mol. The number of ether oxygens (including phenoxy) is 1. The van der Waals surface area contributed by atoms with E-state index in [0.29, 0.717) is 18.0 Å². The van der Waals surface area contributed by atoms with Gasteiger partial charge in [0.05, 0.1) is 5.41 Å². The minimum absolute atomic E-state index is 0.00978. The predicted molar refractivity (Wildman–Crippen MR) is 71.5 cm³/mol. The second-order valence-electron chi connectivity index (χ2n) is 4.77. The molecule has 1 aliphatic carbocycles. The van der Waals surface area contributed by atoms with Crippen LogP contribution >= 0.6 is 0 Å². The summed E-state index contributed by atoms with van der Waals surface area (Å²) in [5.74, 6) is 0.536. The summed E-state index contributed by atoms with van der Waals surface area (Å²) in [6.45, 7) is 0.369. The Kier molecular flexibility index (Phi) is 4.03. The average molecular weight is 259 g/mol. The molecule has 100 valence electrons. The molecule has 0 aliphatic heterocycles. The molecule has 1 aliphatic rings. The molecule has 0 spiro atoms. The van der Waals surface area contributed by atoms with Crippen LogP contribution in [0, 0.1) is 16.7 Å². The Morgan fingerprint density at radius 1 is 1.53 bits per heavy atom. The molecule has 0 unspecified atom stereocenters. The van der Waals surface area contributed by atoms with E-state index < -0.39 is 5.41 Å². The summed E-state index contributed by atoms with van der Waals surface area (Å²) in [5, 5.41) is 11.3. The SMILES string of the molecule is N#CCOc1cccc(NC(=O)C2(CN)CCC2)c1. The molecule has 5 nitrogen and oxygen atoms in total. The van der Waals surface area contributed by atoms with E-state index in [1.54, 1.807) is 24.3 Å². The fourth-order valence-electron chi connectivity index (χ4n) is 2.17. The van der Waals surface area contributed by atoms with Gasteiger partial charge in [0.2, 0.25) is 5.91 Å². The first-order chi connectivity index (χ1) is 9.20. The number of rotatable bonds is 5. The normalized spacial score (nSPS) is 16.0. The molecule has 19 heavy (non-hydrogen) atoms. The summed E-state index contributed by atoms with van der Waals surface area (Å²) in [6.07, 6.45) is 2.75. The Morgan fingerprint density at radius 3 is 2.89 bits per heavy atom. The molecular formula is C14H17N3O2. The van der Waals surface area contributed by atoms with Crippen molar-refractivity contribution in [3.63, 3.8) is 0 Å². The summed E-state index contributed by atoms with van der Waals surface area (Å²) in [5.41, 5.74) is 5.96. The lowest BCUT2D eigenvalue weighted by molar-refractivity contribution is -0.129. The number of hydrogen-bond donors (Lipinski definition) is 2. The highest BCUT2D eigenvalue weighted by Crippen LogP contribution is 2.40. The van der Waals surface area contributed by atoms with Gasteiger partial charge in [-0.3, -0.25) is 4.79 Å². The van der Waals surface area contributed by atoms with Crippen molar-refractivity contribution in [3.8, 4) is 11.8 Å². The summed E-state index contributed by atoms with van der Waals surface area (Å²) in [6, 6.07) is 8.92. The van der Waals surface area contributed by atoms with Crippen LogP contribution in [0.2, 0.25) is 0 Å². The van der Waals surface area contributed by atoms with Crippen LogP contribution in [0.4, 0.5) is 5.69 Å². The Morgan fingerprint density at radius 2 is 2.32 bits per heavy atom. The van der Waals surface area contributed by atoms with Gasteiger partial charge in [-0.2, -0.15) is 5.26 Å². The molecule has 1 fully saturated rings. The van der Waals surface area contributed by atoms with E-state index in [0.717, 1.165) is 19.3 Å². The standard InChI is InChI=1S/C14H17N3O2/c15-7-8-19-12-4-1-3-11(9-12)17-13(18)14(10-16)5-2-6-14/h1,3-4,9H,2,5-6,8,10,16H2,(H,17,18). The molecule has 1 saturated carbocycles. The van der Waals surface area contributed by atoms with Crippen LogP contribution in [0.15, 0.2) is 24.3 Å². The molecule has 0 bridgehead atoms. The van der Waals surface area contributed by atoms with Gasteiger partial charge in [-0.15, -0.1) is 0 Å². The molecule has 1 aromatic carbocycles. The van der Waals surface area contributed by atoms with Gasteiger partial charge >= 0.3 is 0 Å². The first-order valence-corrected chi connectivity index (χ1v) is 6.31. The molecule has 0 heterocycles. The van der Waals surface area contributed by atoms with Gasteiger partial charge in [0.15, 0.2) is 6.61 Å². The Labute approximate surface area is 112 Å². The molecule has 0 atom stereocenters. The van der Waals surface area contributed by atoms with Crippen molar-refractivity contribution in [2.24, 2.45) is 11.1 Å². The third-order valence-electron chi connectivity index (χ3n) is 3.58. The minimum Gasteiger partial charge on any atom is -0.479 e. The van der Waals surface area contributed by atoms with Crippen molar-refractivity contribution >= 4 is 11.6 Å². The second kappa shape index (κ2) is 5.72. The third-order valence-corrected chi connectivity index (χ3v) is 3.58. The molecule has 1 aromatic rings. The van der Waals surface area contributed by atoms with Crippen LogP contribution in [-0.4, -0.2) is 19.1 Å². The molecule has 0 aromatic heterocycles. The molecular weight excluding hydrogens is 242 g/mol. The topological polar surface area (TPSA) is 88.1 Å². The number of nitrogens with zero attached hydrogens (tertiary/aromatic N) is 1. The van der Waals surface area contributed by atoms with E-state index in [4.69, 9.17) is 15.7 Å². The van der Waals surface area contributed by atoms with Gasteiger partial charge < -0.3 is 15.8 Å². The number of amides is 1. The summed E-state index contributed by atoms with van der Waals surface area (Å²) < 4.78 is 5.19. The number of benzene rings is 1. The number of nitrogens with one attached hydrogen (secondary N) is 1. The third kappa shape index (κ3) is 2.85. The van der Waals surface area contributed by atoms with E-state index in [-0.39, 0.29) is 12.5 Å². The van der Waals surface area contributed by atoms with Crippen molar-refractivity contribution in [3.05, 3.63) is 24.3 Å². The number of carbonyl (C=O) groups is 1. The van der Waals surface area contributed by atoms with Gasteiger partial charge in [0.25, 0.3) is 0 Å². The Balaban J connectivity index is 2.03. The largest absolute Gasteiger partial charge is 0.479 e. The quantitative estimate of drug-likeness (QED) is 0.841. The van der Waals surface area contributed by atoms with Gasteiger partial charge in [-0.05, 0) is 25.0 Å². The van der Waals surface area contributed by atoms with Crippen LogP contribution < -0.4 is 15.8 Å². The smallest absolute Gasteiger partial charge is 0.231 e. The van der Waals surface area contributed by atoms with Crippen molar-refractivity contribution in [1.29, 1.82) is 5.26 Å². The van der Waals surface area contributed by atoms with Crippen LogP contribution in [-0.2, 0) is 4.79 Å². The first-order valence-electron chi connectivity index (χ1n) is 6.31. The van der Waals surface area contributed by atoms with E-state index in [9.17, 15) is 4.79 Å². The van der Waals surface area contributed by atoms with Crippen LogP contribution in [0.5, 0.6) is 5.75 Å². The van der Waals surface area contributed by atoms with Crippen LogP contribution in [0.25, 0.3) is 0 Å². The fraction of sp³-hybridized carbons (Fsp3) is 0.429. The predicted octanol–water partition coefficient (Wildman–Crippen LogP) is 1.66. The highest BCUT2D eigenvalue weighted by molar-refractivity contribution is 5.96. The molecule has 3 N–H and O–H groups in total. The van der Waals surface area contributed by atoms with E-state index in [1.165, 1.54) is 0 Å². The molecule has 5 heteroatoms. The van der Waals surface area contributed by atoms with E-state index in [1.807, 2.05) is 6.07 Å². The maximum Gasteiger partial charge on any atom is 0.231 e. The molecule has 1 amide bonds. The maximum atomic E-state index is 12.2. The number of carbonyl (C=O) groups excluding carboxylic acids is 1. The van der Waals surface area contributed by atoms with Crippen LogP contribution in [0.3, 0.4) is 0 Å². The van der Waals surface area contributed by atoms with Gasteiger partial charge in [0.1, 0.15) is 11.8 Å². The lowest BCUT2D eigenvalue weighted by Gasteiger charge is -2.39. The second-order valence-corrected chi connectivity index (χ2v) is 4.77. The first kappa shape index (κ1) is 13.4. The molecule has 0 saturated heterocycles. The highest BCUT2D eigenvalue weighted by Gasteiger charge is 2.42. The summed E-state index contributed by atoms with van der Waals surface area (Å²) in [7, 11) is 0. The highest BCUT2D eigenvalue weighted by atomic mass is 16.5. The number of nitriles is 1. The van der Waals surface area contributed by atoms with Gasteiger partial charge in [-0.1, -0.05) is 12.5 Å². The van der Waals surface area contributed by atoms with E-state index in [2.05, 4.69) is 5.32 Å². The minimum atomic E-state index is -0.399. The zero-order chi connectivity index (χ0) is 13.7. The average Bonchev–Trinajstić information content (AvgIpc) is 2.36. The van der Waals surface area contributed by atoms with Gasteiger partial charge in [0, 0.05) is 18.3 Å². The van der Waals surface area contributed by atoms with Crippen molar-refractivity contribution in [2.75, 3.05) is 18.5 Å². The van der Waals surface area contributed by atoms with Crippen molar-refractivity contribution in [2.45, 2.75) is 19.3 Å². The maximum absolute atomic E-state index is 12.2. The summed E-state index contributed by atoms with van der Waals surface area (Å²) in [4.78, 5) is 12.2. The van der Waals surface area contributed by atoms with Gasteiger partial charge in [-0.25, -0.2) is 0 Å². The lowest BCUT2D eigenvalue weighted by atomic mass is 9.68. The Hall–Kier alpha value is -2.06. The van der Waals surface area contributed by atoms with Crippen molar-refractivity contribution in [1.82, 2.24) is 0 Å². The Bertz CT molecular complexity index is 498. The van der Waals surface area contributed by atoms with E-state index >= 15 is 0 Å². The lowest BCUT2D eigenvalue weighted by Crippen LogP contribution is -2.47. The number of nitrogens with two attached hydrogens (primary N) is 1. The molecule has 2 rings (SSSR count). The zero-order valence-corrected chi connectivity index (χ0v) is 10.7.